The third kappa shape index (κ3) is 8.39. The Hall–Kier alpha value is -3.72. The van der Waals surface area contributed by atoms with Gasteiger partial charge in [0.1, 0.15) is 12.1 Å². The Kier molecular flexibility index (Phi) is 10.1. The Morgan fingerprint density at radius 1 is 1.10 bits per heavy atom. The minimum Gasteiger partial charge on any atom is -0.480 e. The van der Waals surface area contributed by atoms with Gasteiger partial charge in [-0.3, -0.25) is 29.0 Å². The first-order valence-corrected chi connectivity index (χ1v) is 14.0. The van der Waals surface area contributed by atoms with Crippen LogP contribution in [0, 0.1) is 0 Å². The topological polar surface area (TPSA) is 202 Å². The molecular weight excluding hydrogens is 568 g/mol. The molecule has 1 heterocycles. The number of amides is 2. The van der Waals surface area contributed by atoms with Crippen LogP contribution in [0.5, 0.6) is 0 Å². The van der Waals surface area contributed by atoms with E-state index in [4.69, 9.17) is 16.2 Å². The summed E-state index contributed by atoms with van der Waals surface area (Å²) in [6, 6.07) is 8.62. The summed E-state index contributed by atoms with van der Waals surface area (Å²) in [6.07, 6.45) is 0.490. The van der Waals surface area contributed by atoms with E-state index in [0.29, 0.717) is 6.42 Å². The highest BCUT2D eigenvalue weighted by atomic mass is 35.5. The van der Waals surface area contributed by atoms with E-state index < -0.39 is 58.2 Å². The van der Waals surface area contributed by atoms with Gasteiger partial charge in [-0.1, -0.05) is 41.9 Å². The van der Waals surface area contributed by atoms with E-state index in [-0.39, 0.29) is 35.7 Å². The zero-order valence-corrected chi connectivity index (χ0v) is 22.9. The van der Waals surface area contributed by atoms with Crippen LogP contribution in [-0.2, 0) is 31.1 Å². The average molecular weight is 597 g/mol. The molecule has 0 radical (unpaired) electrons. The van der Waals surface area contributed by atoms with Crippen LogP contribution in [-0.4, -0.2) is 82.5 Å². The van der Waals surface area contributed by atoms with Gasteiger partial charge in [0.05, 0.1) is 17.3 Å². The zero-order chi connectivity index (χ0) is 29.6. The van der Waals surface area contributed by atoms with Crippen LogP contribution in [0.3, 0.4) is 0 Å². The summed E-state index contributed by atoms with van der Waals surface area (Å²) in [4.78, 5) is 50.9. The lowest BCUT2D eigenvalue weighted by Crippen LogP contribution is -2.53. The third-order valence-corrected chi connectivity index (χ3v) is 7.07. The van der Waals surface area contributed by atoms with E-state index in [1.807, 2.05) is 30.3 Å². The number of carboxylic acid groups (broad SMARTS) is 2. The molecule has 2 aromatic carbocycles. The summed E-state index contributed by atoms with van der Waals surface area (Å²) in [5, 5.41) is 24.8. The Bertz CT molecular complexity index is 1370. The Morgan fingerprint density at radius 2 is 1.77 bits per heavy atom. The number of halogens is 1. The molecule has 216 valence electrons. The number of anilines is 1. The molecule has 1 aliphatic heterocycles. The fourth-order valence-corrected chi connectivity index (χ4v) is 5.09. The maximum absolute atomic E-state index is 13.2. The lowest BCUT2D eigenvalue weighted by Gasteiger charge is -2.27. The molecule has 0 saturated carbocycles. The van der Waals surface area contributed by atoms with E-state index >= 15 is 0 Å². The van der Waals surface area contributed by atoms with E-state index in [2.05, 4.69) is 10.6 Å². The number of rotatable bonds is 12. The van der Waals surface area contributed by atoms with Crippen molar-refractivity contribution in [1.29, 1.82) is 0 Å². The fourth-order valence-electron chi connectivity index (χ4n) is 4.47. The molecule has 2 aromatic rings. The predicted molar refractivity (Wildman–Crippen MR) is 144 cm³/mol. The number of nitrogens with zero attached hydrogens (tertiary/aromatic N) is 1. The number of aryl methyl sites for hydroxylation is 1. The minimum atomic E-state index is -4.73. The monoisotopic (exact) mass is 596 g/mol. The van der Waals surface area contributed by atoms with Gasteiger partial charge in [0, 0.05) is 24.0 Å². The lowest BCUT2D eigenvalue weighted by atomic mass is 10.0. The van der Waals surface area contributed by atoms with Crippen molar-refractivity contribution in [2.75, 3.05) is 11.3 Å². The van der Waals surface area contributed by atoms with Crippen LogP contribution in [0.1, 0.15) is 35.7 Å². The highest BCUT2D eigenvalue weighted by molar-refractivity contribution is 7.87. The number of nitrogens with one attached hydrogen (secondary N) is 3. The van der Waals surface area contributed by atoms with Crippen molar-refractivity contribution in [3.8, 4) is 0 Å². The fraction of sp³-hybridized carbons (Fsp3) is 0.360. The van der Waals surface area contributed by atoms with E-state index in [1.54, 1.807) is 4.72 Å². The van der Waals surface area contributed by atoms with E-state index in [9.17, 15) is 37.8 Å². The highest BCUT2D eigenvalue weighted by Crippen LogP contribution is 2.24. The molecule has 1 saturated heterocycles. The van der Waals surface area contributed by atoms with Crippen molar-refractivity contribution in [2.24, 2.45) is 0 Å². The molecule has 4 atom stereocenters. The van der Waals surface area contributed by atoms with Crippen molar-refractivity contribution in [3.05, 3.63) is 64.7 Å². The van der Waals surface area contributed by atoms with Crippen molar-refractivity contribution in [3.63, 3.8) is 0 Å². The Balaban J connectivity index is 1.69. The second kappa shape index (κ2) is 13.1. The van der Waals surface area contributed by atoms with Crippen LogP contribution in [0.25, 0.3) is 0 Å². The molecule has 15 heteroatoms. The van der Waals surface area contributed by atoms with Gasteiger partial charge in [-0.15, -0.1) is 0 Å². The van der Waals surface area contributed by atoms with Gasteiger partial charge in [0.2, 0.25) is 5.91 Å². The van der Waals surface area contributed by atoms with Crippen molar-refractivity contribution in [2.45, 2.75) is 50.4 Å². The van der Waals surface area contributed by atoms with E-state index in [0.717, 1.165) is 16.5 Å². The Morgan fingerprint density at radius 3 is 2.38 bits per heavy atom. The van der Waals surface area contributed by atoms with Crippen molar-refractivity contribution < 1.29 is 42.4 Å². The first kappa shape index (κ1) is 30.8. The molecule has 40 heavy (non-hydrogen) atoms. The molecule has 2 amide bonds. The van der Waals surface area contributed by atoms with Crippen LogP contribution >= 0.6 is 11.6 Å². The van der Waals surface area contributed by atoms with Crippen LogP contribution < -0.4 is 15.4 Å². The summed E-state index contributed by atoms with van der Waals surface area (Å²) >= 11 is 5.86. The highest BCUT2D eigenvalue weighted by Gasteiger charge is 2.42. The first-order valence-electron chi connectivity index (χ1n) is 12.2. The second-order valence-electron chi connectivity index (χ2n) is 9.32. The predicted octanol–water partition coefficient (Wildman–Crippen LogP) is 1.40. The number of hydrogen-bond acceptors (Lipinski definition) is 7. The molecule has 0 aromatic heterocycles. The minimum absolute atomic E-state index is 0.0798. The van der Waals surface area contributed by atoms with E-state index in [1.165, 1.54) is 19.1 Å². The van der Waals surface area contributed by atoms with Crippen LogP contribution in [0.4, 0.5) is 5.69 Å². The van der Waals surface area contributed by atoms with Crippen molar-refractivity contribution in [1.82, 2.24) is 15.5 Å². The SMILES string of the molecule is C[C@H](N[C@@H](CCc1ccccc1)C(=O)O)C(=O)N1C[C@@H](NC(=O)c2ccc(Cl)cc2NS(=O)(=O)O)CC1C(=O)O. The van der Waals surface area contributed by atoms with Gasteiger partial charge in [0.15, 0.2) is 0 Å². The molecule has 1 aliphatic rings. The van der Waals surface area contributed by atoms with Gasteiger partial charge in [0.25, 0.3) is 5.91 Å². The number of carbonyl (C=O) groups excluding carboxylic acids is 2. The zero-order valence-electron chi connectivity index (χ0n) is 21.3. The van der Waals surface area contributed by atoms with Gasteiger partial charge in [-0.05, 0) is 43.5 Å². The molecule has 3 rings (SSSR count). The summed E-state index contributed by atoms with van der Waals surface area (Å²) in [6.45, 7) is 1.25. The Labute approximate surface area is 235 Å². The van der Waals surface area contributed by atoms with Gasteiger partial charge in [-0.2, -0.15) is 8.42 Å². The standard InChI is InChI=1S/C25H29ClN4O9S/c1-14(27-19(24(33)34)10-7-15-5-3-2-4-6-15)23(32)30-13-17(12-21(30)25(35)36)28-22(31)18-9-8-16(26)11-20(18)29-40(37,38)39/h2-6,8-9,11,14,17,19,21,27,29H,7,10,12-13H2,1H3,(H,28,31)(H,33,34)(H,35,36)(H,37,38,39)/t14-,17-,19-,21?/m0/s1. The molecule has 0 spiro atoms. The molecule has 0 aliphatic carbocycles. The quantitative estimate of drug-likeness (QED) is 0.194. The van der Waals surface area contributed by atoms with Crippen molar-refractivity contribution >= 4 is 51.3 Å². The lowest BCUT2D eigenvalue weighted by molar-refractivity contribution is -0.149. The molecule has 1 unspecified atom stereocenters. The van der Waals surface area contributed by atoms with Crippen LogP contribution in [0.2, 0.25) is 5.02 Å². The number of aliphatic carboxylic acids is 2. The number of likely N-dealkylation sites (tertiary alicyclic amines) is 1. The van der Waals surface area contributed by atoms with Crippen LogP contribution in [0.15, 0.2) is 48.5 Å². The average Bonchev–Trinajstić information content (AvgIpc) is 3.29. The number of hydrogen-bond donors (Lipinski definition) is 6. The summed E-state index contributed by atoms with van der Waals surface area (Å²) in [5.74, 6) is -3.93. The number of carboxylic acids is 2. The first-order chi connectivity index (χ1) is 18.7. The molecular formula is C25H29ClN4O9S. The number of benzene rings is 2. The molecule has 0 bridgehead atoms. The second-order valence-corrected chi connectivity index (χ2v) is 10.9. The van der Waals surface area contributed by atoms with Gasteiger partial charge in [-0.25, -0.2) is 4.79 Å². The maximum atomic E-state index is 13.2. The summed E-state index contributed by atoms with van der Waals surface area (Å²) < 4.78 is 33.5. The molecule has 13 nitrogen and oxygen atoms in total. The summed E-state index contributed by atoms with van der Waals surface area (Å²) in [7, 11) is -4.73. The van der Waals surface area contributed by atoms with Gasteiger partial charge < -0.3 is 20.4 Å². The summed E-state index contributed by atoms with van der Waals surface area (Å²) in [5.41, 5.74) is 0.423. The maximum Gasteiger partial charge on any atom is 0.357 e. The normalized spacial score (nSPS) is 18.5. The molecule has 1 fully saturated rings. The van der Waals surface area contributed by atoms with Gasteiger partial charge >= 0.3 is 22.2 Å². The molecule has 6 N–H and O–H groups in total. The number of carbonyl (C=O) groups is 4. The largest absolute Gasteiger partial charge is 0.480 e. The third-order valence-electron chi connectivity index (χ3n) is 6.35. The smallest absolute Gasteiger partial charge is 0.357 e.